The van der Waals surface area contributed by atoms with Gasteiger partial charge in [-0.1, -0.05) is 30.3 Å². The van der Waals surface area contributed by atoms with Gasteiger partial charge in [0, 0.05) is 23.3 Å². The molecule has 0 unspecified atom stereocenters. The summed E-state index contributed by atoms with van der Waals surface area (Å²) < 4.78 is 6.04. The van der Waals surface area contributed by atoms with E-state index in [1.165, 1.54) is 6.33 Å². The van der Waals surface area contributed by atoms with Crippen molar-refractivity contribution in [1.82, 2.24) is 19.9 Å². The number of ether oxygens (including phenoxy) is 1. The fraction of sp³-hybridized carbons (Fsp3) is 0. The van der Waals surface area contributed by atoms with Crippen molar-refractivity contribution in [2.45, 2.75) is 0 Å². The van der Waals surface area contributed by atoms with Crippen LogP contribution in [0.2, 0.25) is 0 Å². The fourth-order valence-corrected chi connectivity index (χ4v) is 3.77. The Labute approximate surface area is 153 Å². The van der Waals surface area contributed by atoms with Gasteiger partial charge in [-0.2, -0.15) is 0 Å². The lowest BCUT2D eigenvalue weighted by Gasteiger charge is -2.06. The lowest BCUT2D eigenvalue weighted by atomic mass is 10.2. The lowest BCUT2D eigenvalue weighted by Crippen LogP contribution is -1.90. The molecule has 2 aromatic carbocycles. The monoisotopic (exact) mass is 356 g/mol. The summed E-state index contributed by atoms with van der Waals surface area (Å²) in [6.07, 6.45) is 4.87. The van der Waals surface area contributed by atoms with Gasteiger partial charge in [0.05, 0.1) is 16.4 Å². The summed E-state index contributed by atoms with van der Waals surface area (Å²) in [6.45, 7) is 0. The number of nitrogens with zero attached hydrogens (tertiary/aromatic N) is 4. The molecule has 0 aliphatic heterocycles. The Bertz CT molecular complexity index is 1220. The number of rotatable bonds is 3. The number of benzene rings is 2. The SMILES string of the molecule is c1ccc(-c2cc3c(Oc4ccc5nccnc5c4)ncnc3s2)cc1. The van der Waals surface area contributed by atoms with Gasteiger partial charge >= 0.3 is 0 Å². The van der Waals surface area contributed by atoms with Crippen molar-refractivity contribution in [3.8, 4) is 22.1 Å². The van der Waals surface area contributed by atoms with Gasteiger partial charge in [0.1, 0.15) is 16.9 Å². The first kappa shape index (κ1) is 14.9. The Morgan fingerprint density at radius 3 is 2.50 bits per heavy atom. The predicted octanol–water partition coefficient (Wildman–Crippen LogP) is 5.09. The maximum absolute atomic E-state index is 6.04. The van der Waals surface area contributed by atoms with Crippen LogP contribution in [0.5, 0.6) is 11.6 Å². The first-order chi connectivity index (χ1) is 12.9. The van der Waals surface area contributed by atoms with Gasteiger partial charge in [0.15, 0.2) is 0 Å². The molecule has 6 heteroatoms. The second kappa shape index (κ2) is 6.16. The quantitative estimate of drug-likeness (QED) is 0.450. The molecule has 0 spiro atoms. The van der Waals surface area contributed by atoms with Crippen molar-refractivity contribution in [2.24, 2.45) is 0 Å². The zero-order valence-corrected chi connectivity index (χ0v) is 14.4. The van der Waals surface area contributed by atoms with E-state index in [1.807, 2.05) is 36.4 Å². The van der Waals surface area contributed by atoms with E-state index in [1.54, 1.807) is 23.7 Å². The van der Waals surface area contributed by atoms with E-state index in [9.17, 15) is 0 Å². The minimum absolute atomic E-state index is 0.539. The van der Waals surface area contributed by atoms with E-state index in [2.05, 4.69) is 38.1 Å². The lowest BCUT2D eigenvalue weighted by molar-refractivity contribution is 0.469. The molecule has 0 N–H and O–H groups in total. The van der Waals surface area contributed by atoms with Crippen molar-refractivity contribution in [1.29, 1.82) is 0 Å². The molecule has 5 rings (SSSR count). The van der Waals surface area contributed by atoms with Crippen LogP contribution < -0.4 is 4.74 Å². The first-order valence-corrected chi connectivity index (χ1v) is 8.87. The summed E-state index contributed by atoms with van der Waals surface area (Å²) >= 11 is 1.62. The van der Waals surface area contributed by atoms with Gasteiger partial charge in [0.25, 0.3) is 0 Å². The predicted molar refractivity (Wildman–Crippen MR) is 102 cm³/mol. The van der Waals surface area contributed by atoms with Crippen LogP contribution in [0.15, 0.2) is 73.3 Å². The minimum atomic E-state index is 0.539. The third kappa shape index (κ3) is 2.66. The maximum atomic E-state index is 6.04. The van der Waals surface area contributed by atoms with Crippen LogP contribution in [-0.4, -0.2) is 19.9 Å². The normalized spacial score (nSPS) is 11.1. The molecular formula is C20H12N4OS. The molecule has 0 saturated carbocycles. The second-order valence-electron chi connectivity index (χ2n) is 5.68. The Morgan fingerprint density at radius 1 is 0.769 bits per heavy atom. The average Bonchev–Trinajstić information content (AvgIpc) is 3.14. The molecule has 3 aromatic heterocycles. The Kier molecular flexibility index (Phi) is 3.54. The van der Waals surface area contributed by atoms with E-state index >= 15 is 0 Å². The van der Waals surface area contributed by atoms with E-state index in [0.717, 1.165) is 31.7 Å². The second-order valence-corrected chi connectivity index (χ2v) is 6.71. The standard InChI is InChI=1S/C20H12N4OS/c1-2-4-13(5-3-1)18-11-15-19(23-12-24-20(15)26-18)25-14-6-7-16-17(10-14)22-9-8-21-16/h1-12H. The van der Waals surface area contributed by atoms with Crippen molar-refractivity contribution in [3.63, 3.8) is 0 Å². The van der Waals surface area contributed by atoms with E-state index < -0.39 is 0 Å². The zero-order chi connectivity index (χ0) is 17.3. The molecule has 5 aromatic rings. The van der Waals surface area contributed by atoms with Crippen LogP contribution in [0.4, 0.5) is 0 Å². The molecular weight excluding hydrogens is 344 g/mol. The van der Waals surface area contributed by atoms with E-state index in [0.29, 0.717) is 11.6 Å². The van der Waals surface area contributed by atoms with Crippen molar-refractivity contribution < 1.29 is 4.74 Å². The molecule has 0 aliphatic carbocycles. The van der Waals surface area contributed by atoms with Crippen molar-refractivity contribution in [3.05, 3.63) is 73.3 Å². The molecule has 0 aliphatic rings. The van der Waals surface area contributed by atoms with Crippen LogP contribution in [0.25, 0.3) is 31.7 Å². The number of hydrogen-bond acceptors (Lipinski definition) is 6. The van der Waals surface area contributed by atoms with Gasteiger partial charge < -0.3 is 4.74 Å². The Hall–Kier alpha value is -3.38. The van der Waals surface area contributed by atoms with Gasteiger partial charge in [-0.15, -0.1) is 11.3 Å². The fourth-order valence-electron chi connectivity index (χ4n) is 2.78. The molecule has 0 atom stereocenters. The number of fused-ring (bicyclic) bond motifs is 2. The van der Waals surface area contributed by atoms with Crippen molar-refractivity contribution in [2.75, 3.05) is 0 Å². The summed E-state index contributed by atoms with van der Waals surface area (Å²) in [5.41, 5.74) is 2.77. The molecule has 0 radical (unpaired) electrons. The van der Waals surface area contributed by atoms with Crippen LogP contribution in [0.1, 0.15) is 0 Å². The molecule has 0 amide bonds. The highest BCUT2D eigenvalue weighted by Gasteiger charge is 2.12. The van der Waals surface area contributed by atoms with Gasteiger partial charge in [-0.05, 0) is 23.8 Å². The molecule has 0 fully saturated rings. The van der Waals surface area contributed by atoms with Crippen LogP contribution in [0.3, 0.4) is 0 Å². The van der Waals surface area contributed by atoms with Crippen LogP contribution in [-0.2, 0) is 0 Å². The third-order valence-electron chi connectivity index (χ3n) is 4.01. The van der Waals surface area contributed by atoms with Gasteiger partial charge in [-0.25, -0.2) is 9.97 Å². The smallest absolute Gasteiger partial charge is 0.231 e. The third-order valence-corrected chi connectivity index (χ3v) is 5.10. The zero-order valence-electron chi connectivity index (χ0n) is 13.5. The van der Waals surface area contributed by atoms with Crippen LogP contribution in [0, 0.1) is 0 Å². The van der Waals surface area contributed by atoms with Gasteiger partial charge in [0.2, 0.25) is 5.88 Å². The Balaban J connectivity index is 1.56. The Morgan fingerprint density at radius 2 is 1.62 bits per heavy atom. The summed E-state index contributed by atoms with van der Waals surface area (Å²) in [4.78, 5) is 19.3. The van der Waals surface area contributed by atoms with Gasteiger partial charge in [-0.3, -0.25) is 9.97 Å². The summed E-state index contributed by atoms with van der Waals surface area (Å²) in [6, 6.07) is 17.9. The molecule has 124 valence electrons. The van der Waals surface area contributed by atoms with E-state index in [4.69, 9.17) is 4.74 Å². The minimum Gasteiger partial charge on any atom is -0.438 e. The molecule has 5 nitrogen and oxygen atoms in total. The number of thiophene rings is 1. The van der Waals surface area contributed by atoms with Crippen molar-refractivity contribution >= 4 is 32.6 Å². The topological polar surface area (TPSA) is 60.8 Å². The molecule has 26 heavy (non-hydrogen) atoms. The highest BCUT2D eigenvalue weighted by molar-refractivity contribution is 7.21. The maximum Gasteiger partial charge on any atom is 0.231 e. The summed E-state index contributed by atoms with van der Waals surface area (Å²) in [7, 11) is 0. The molecule has 3 heterocycles. The summed E-state index contributed by atoms with van der Waals surface area (Å²) in [5.74, 6) is 1.21. The molecule has 0 saturated heterocycles. The highest BCUT2D eigenvalue weighted by atomic mass is 32.1. The number of hydrogen-bond donors (Lipinski definition) is 0. The summed E-state index contributed by atoms with van der Waals surface area (Å²) in [5, 5.41) is 0.899. The van der Waals surface area contributed by atoms with Crippen LogP contribution >= 0.6 is 11.3 Å². The first-order valence-electron chi connectivity index (χ1n) is 8.05. The number of aromatic nitrogens is 4. The highest BCUT2D eigenvalue weighted by Crippen LogP contribution is 2.37. The largest absolute Gasteiger partial charge is 0.438 e. The molecule has 0 bridgehead atoms. The van der Waals surface area contributed by atoms with E-state index in [-0.39, 0.29) is 0 Å². The average molecular weight is 356 g/mol.